The van der Waals surface area contributed by atoms with Crippen molar-refractivity contribution in [1.82, 2.24) is 4.98 Å². The van der Waals surface area contributed by atoms with Gasteiger partial charge in [0.2, 0.25) is 0 Å². The number of methoxy groups -OCH3 is 1. The molecule has 27 heavy (non-hydrogen) atoms. The highest BCUT2D eigenvalue weighted by Gasteiger charge is 2.36. The van der Waals surface area contributed by atoms with E-state index in [0.29, 0.717) is 22.9 Å². The smallest absolute Gasteiger partial charge is 0.259 e. The number of carbonyl (C=O) groups excluding carboxylic acids is 1. The number of aromatic nitrogens is 1. The monoisotopic (exact) mass is 367 g/mol. The summed E-state index contributed by atoms with van der Waals surface area (Å²) < 4.78 is 11.7. The van der Waals surface area contributed by atoms with E-state index in [9.17, 15) is 4.79 Å². The first-order chi connectivity index (χ1) is 13.1. The Hall–Kier alpha value is -2.76. The Bertz CT molecular complexity index is 862. The fraction of sp³-hybridized carbons (Fsp3) is 0.429. The quantitative estimate of drug-likeness (QED) is 0.880. The minimum atomic E-state index is -0.114. The first kappa shape index (κ1) is 17.6. The third-order valence-electron chi connectivity index (χ3n) is 5.51. The van der Waals surface area contributed by atoms with Gasteiger partial charge in [-0.05, 0) is 50.8 Å². The van der Waals surface area contributed by atoms with Crippen LogP contribution in [-0.4, -0.2) is 24.1 Å². The number of pyridine rings is 1. The molecule has 2 heterocycles. The third-order valence-corrected chi connectivity index (χ3v) is 5.51. The average Bonchev–Trinajstić information content (AvgIpc) is 2.92. The standard InChI is InChI=1S/C21H25N3O3/c1-13-17-12-23-20(22)11-16(17)21(25)24(13)14-8-9-18(26-2)19(10-14)27-15-6-4-3-5-7-15/h8-13,15H,3-7H2,1-2H3,(H2,22,23). The molecule has 1 aromatic heterocycles. The lowest BCUT2D eigenvalue weighted by Gasteiger charge is -2.26. The Morgan fingerprint density at radius 1 is 1.15 bits per heavy atom. The van der Waals surface area contributed by atoms with Gasteiger partial charge in [-0.25, -0.2) is 4.98 Å². The summed E-state index contributed by atoms with van der Waals surface area (Å²) in [5.74, 6) is 1.66. The topological polar surface area (TPSA) is 77.7 Å². The molecule has 0 bridgehead atoms. The molecule has 2 aromatic rings. The average molecular weight is 367 g/mol. The van der Waals surface area contributed by atoms with Crippen molar-refractivity contribution in [3.05, 3.63) is 41.6 Å². The number of benzene rings is 1. The van der Waals surface area contributed by atoms with Crippen molar-refractivity contribution in [2.45, 2.75) is 51.2 Å². The van der Waals surface area contributed by atoms with E-state index in [2.05, 4.69) is 4.98 Å². The number of carbonyl (C=O) groups is 1. The predicted molar refractivity (Wildman–Crippen MR) is 104 cm³/mol. The highest BCUT2D eigenvalue weighted by molar-refractivity contribution is 6.11. The number of anilines is 2. The summed E-state index contributed by atoms with van der Waals surface area (Å²) in [7, 11) is 1.64. The molecule has 2 N–H and O–H groups in total. The van der Waals surface area contributed by atoms with E-state index in [1.54, 1.807) is 24.3 Å². The van der Waals surface area contributed by atoms with Gasteiger partial charge in [0.05, 0.1) is 24.8 Å². The van der Waals surface area contributed by atoms with Crippen molar-refractivity contribution >= 4 is 17.4 Å². The number of amides is 1. The first-order valence-corrected chi connectivity index (χ1v) is 9.52. The third kappa shape index (κ3) is 3.20. The van der Waals surface area contributed by atoms with Gasteiger partial charge in [-0.1, -0.05) is 6.42 Å². The molecule has 1 saturated carbocycles. The molecule has 1 atom stereocenters. The Labute approximate surface area is 159 Å². The van der Waals surface area contributed by atoms with E-state index in [4.69, 9.17) is 15.2 Å². The Morgan fingerprint density at radius 2 is 1.93 bits per heavy atom. The van der Waals surface area contributed by atoms with E-state index in [1.807, 2.05) is 25.1 Å². The highest BCUT2D eigenvalue weighted by atomic mass is 16.5. The molecular weight excluding hydrogens is 342 g/mol. The van der Waals surface area contributed by atoms with Gasteiger partial charge in [0.1, 0.15) is 5.82 Å². The predicted octanol–water partition coefficient (Wildman–Crippen LogP) is 4.11. The number of nitrogens with two attached hydrogens (primary N) is 1. The molecule has 0 radical (unpaired) electrons. The zero-order valence-corrected chi connectivity index (χ0v) is 15.8. The second kappa shape index (κ2) is 7.10. The number of hydrogen-bond donors (Lipinski definition) is 1. The minimum absolute atomic E-state index is 0.0691. The van der Waals surface area contributed by atoms with Gasteiger partial charge in [-0.3, -0.25) is 4.79 Å². The maximum absolute atomic E-state index is 13.0. The van der Waals surface area contributed by atoms with E-state index in [1.165, 1.54) is 19.3 Å². The minimum Gasteiger partial charge on any atom is -0.493 e. The van der Waals surface area contributed by atoms with Crippen molar-refractivity contribution in [3.63, 3.8) is 0 Å². The zero-order valence-electron chi connectivity index (χ0n) is 15.8. The Morgan fingerprint density at radius 3 is 2.67 bits per heavy atom. The molecule has 1 aromatic carbocycles. The van der Waals surface area contributed by atoms with E-state index in [-0.39, 0.29) is 18.1 Å². The molecule has 0 spiro atoms. The fourth-order valence-electron chi connectivity index (χ4n) is 4.06. The number of ether oxygens (including phenoxy) is 2. The van der Waals surface area contributed by atoms with Gasteiger partial charge < -0.3 is 20.1 Å². The summed E-state index contributed by atoms with van der Waals surface area (Å²) in [5.41, 5.74) is 8.06. The molecule has 1 aliphatic heterocycles. The second-order valence-electron chi connectivity index (χ2n) is 7.26. The number of fused-ring (bicyclic) bond motifs is 1. The molecular formula is C21H25N3O3. The van der Waals surface area contributed by atoms with Crippen LogP contribution in [0.3, 0.4) is 0 Å². The summed E-state index contributed by atoms with van der Waals surface area (Å²) in [6.45, 7) is 1.99. The molecule has 0 saturated heterocycles. The van der Waals surface area contributed by atoms with Gasteiger partial charge in [0.15, 0.2) is 11.5 Å². The maximum atomic E-state index is 13.0. The maximum Gasteiger partial charge on any atom is 0.259 e. The molecule has 1 unspecified atom stereocenters. The molecule has 4 rings (SSSR count). The number of rotatable bonds is 4. The van der Waals surface area contributed by atoms with Crippen LogP contribution in [0.25, 0.3) is 0 Å². The van der Waals surface area contributed by atoms with Crippen LogP contribution in [0.1, 0.15) is 61.0 Å². The van der Waals surface area contributed by atoms with Gasteiger partial charge in [0, 0.05) is 23.5 Å². The Kier molecular flexibility index (Phi) is 4.64. The van der Waals surface area contributed by atoms with Crippen LogP contribution < -0.4 is 20.1 Å². The molecule has 1 amide bonds. The molecule has 6 heteroatoms. The summed E-state index contributed by atoms with van der Waals surface area (Å²) in [5, 5.41) is 0. The van der Waals surface area contributed by atoms with Gasteiger partial charge in [-0.2, -0.15) is 0 Å². The van der Waals surface area contributed by atoms with Crippen LogP contribution in [-0.2, 0) is 0 Å². The first-order valence-electron chi connectivity index (χ1n) is 9.52. The summed E-state index contributed by atoms with van der Waals surface area (Å²) in [4.78, 5) is 18.9. The van der Waals surface area contributed by atoms with Crippen LogP contribution >= 0.6 is 0 Å². The summed E-state index contributed by atoms with van der Waals surface area (Å²) in [6.07, 6.45) is 7.67. The lowest BCUT2D eigenvalue weighted by molar-refractivity contribution is 0.0992. The second-order valence-corrected chi connectivity index (χ2v) is 7.26. The van der Waals surface area contributed by atoms with Crippen molar-refractivity contribution in [1.29, 1.82) is 0 Å². The van der Waals surface area contributed by atoms with Crippen LogP contribution in [0.4, 0.5) is 11.5 Å². The fourth-order valence-corrected chi connectivity index (χ4v) is 4.06. The number of hydrogen-bond acceptors (Lipinski definition) is 5. The number of nitrogens with zero attached hydrogens (tertiary/aromatic N) is 2. The van der Waals surface area contributed by atoms with Crippen LogP contribution in [0, 0.1) is 0 Å². The number of nitrogen functional groups attached to an aromatic ring is 1. The van der Waals surface area contributed by atoms with Crippen molar-refractivity contribution in [3.8, 4) is 11.5 Å². The van der Waals surface area contributed by atoms with Gasteiger partial charge >= 0.3 is 0 Å². The van der Waals surface area contributed by atoms with E-state index >= 15 is 0 Å². The molecule has 1 fully saturated rings. The SMILES string of the molecule is COc1ccc(N2C(=O)c3cc(N)ncc3C2C)cc1OC1CCCCC1. The normalized spacial score (nSPS) is 19.9. The van der Waals surface area contributed by atoms with Crippen LogP contribution in [0.15, 0.2) is 30.5 Å². The van der Waals surface area contributed by atoms with Crippen molar-refractivity contribution < 1.29 is 14.3 Å². The van der Waals surface area contributed by atoms with Crippen LogP contribution in [0.5, 0.6) is 11.5 Å². The summed E-state index contributed by atoms with van der Waals surface area (Å²) >= 11 is 0. The zero-order chi connectivity index (χ0) is 19.0. The Balaban J connectivity index is 1.66. The van der Waals surface area contributed by atoms with Crippen molar-refractivity contribution in [2.75, 3.05) is 17.7 Å². The lowest BCUT2D eigenvalue weighted by atomic mass is 9.98. The van der Waals surface area contributed by atoms with Crippen molar-refractivity contribution in [2.24, 2.45) is 0 Å². The largest absolute Gasteiger partial charge is 0.493 e. The van der Waals surface area contributed by atoms with Crippen LogP contribution in [0.2, 0.25) is 0 Å². The van der Waals surface area contributed by atoms with E-state index < -0.39 is 0 Å². The lowest BCUT2D eigenvalue weighted by Crippen LogP contribution is -2.26. The summed E-state index contributed by atoms with van der Waals surface area (Å²) in [6, 6.07) is 7.20. The van der Waals surface area contributed by atoms with E-state index in [0.717, 1.165) is 24.1 Å². The molecule has 6 nitrogen and oxygen atoms in total. The molecule has 2 aliphatic rings. The molecule has 1 aliphatic carbocycles. The molecule has 142 valence electrons. The van der Waals surface area contributed by atoms with Gasteiger partial charge in [0.25, 0.3) is 5.91 Å². The highest BCUT2D eigenvalue weighted by Crippen LogP contribution is 2.41. The van der Waals surface area contributed by atoms with Gasteiger partial charge in [-0.15, -0.1) is 0 Å².